The Morgan fingerprint density at radius 3 is 2.52 bits per heavy atom. The second-order valence-corrected chi connectivity index (χ2v) is 6.12. The van der Waals surface area contributed by atoms with E-state index in [0.29, 0.717) is 0 Å². The van der Waals surface area contributed by atoms with E-state index in [1.165, 1.54) is 16.8 Å². The van der Waals surface area contributed by atoms with Gasteiger partial charge in [-0.2, -0.15) is 0 Å². The van der Waals surface area contributed by atoms with E-state index in [1.807, 2.05) is 11.8 Å². The minimum Gasteiger partial charge on any atom is -0.368 e. The molecule has 1 aliphatic heterocycles. The van der Waals surface area contributed by atoms with Gasteiger partial charge in [0.05, 0.1) is 11.9 Å². The van der Waals surface area contributed by atoms with Gasteiger partial charge in [0.2, 0.25) is 5.91 Å². The van der Waals surface area contributed by atoms with Crippen LogP contribution >= 0.6 is 0 Å². The molecule has 0 aliphatic carbocycles. The highest BCUT2D eigenvalue weighted by molar-refractivity contribution is 5.76. The molecule has 0 atom stereocenters. The van der Waals surface area contributed by atoms with Crippen molar-refractivity contribution in [1.29, 1.82) is 0 Å². The molecule has 2 heterocycles. The summed E-state index contributed by atoms with van der Waals surface area (Å²) in [5, 5.41) is 7.77. The molecule has 1 aromatic heterocycles. The predicted molar refractivity (Wildman–Crippen MR) is 89.5 cm³/mol. The molecule has 1 saturated heterocycles. The summed E-state index contributed by atoms with van der Waals surface area (Å²) < 4.78 is 1.65. The molecule has 122 valence electrons. The van der Waals surface area contributed by atoms with E-state index in [-0.39, 0.29) is 12.5 Å². The average molecular weight is 313 g/mol. The number of piperazine rings is 1. The zero-order valence-corrected chi connectivity index (χ0v) is 14.0. The van der Waals surface area contributed by atoms with Crippen molar-refractivity contribution in [2.24, 2.45) is 0 Å². The number of amides is 1. The van der Waals surface area contributed by atoms with Gasteiger partial charge in [0, 0.05) is 31.9 Å². The smallest absolute Gasteiger partial charge is 0.244 e. The molecule has 1 amide bonds. The van der Waals surface area contributed by atoms with E-state index in [0.717, 1.165) is 31.9 Å². The Balaban J connectivity index is 1.61. The highest BCUT2D eigenvalue weighted by Gasteiger charge is 2.22. The van der Waals surface area contributed by atoms with Crippen molar-refractivity contribution >= 4 is 11.6 Å². The number of benzene rings is 1. The molecule has 0 unspecified atom stereocenters. The lowest BCUT2D eigenvalue weighted by atomic mass is 10.1. The third-order valence-electron chi connectivity index (χ3n) is 4.65. The number of aryl methyl sites for hydroxylation is 2. The van der Waals surface area contributed by atoms with Gasteiger partial charge in [0.15, 0.2) is 0 Å². The lowest BCUT2D eigenvalue weighted by Crippen LogP contribution is -2.50. The fraction of sp³-hybridized carbons (Fsp3) is 0.471. The standard InChI is InChI=1S/C17H23N5O/c1-13-5-4-6-16(15(13)3)20-7-9-21(10-8-20)17(23)12-22-14(2)11-18-19-22/h4-6,11H,7-10,12H2,1-3H3. The highest BCUT2D eigenvalue weighted by Crippen LogP contribution is 2.23. The van der Waals surface area contributed by atoms with Crippen molar-refractivity contribution in [2.45, 2.75) is 27.3 Å². The number of hydrogen-bond acceptors (Lipinski definition) is 4. The Bertz CT molecular complexity index is 701. The second-order valence-electron chi connectivity index (χ2n) is 6.12. The maximum absolute atomic E-state index is 12.4. The van der Waals surface area contributed by atoms with Gasteiger partial charge in [-0.15, -0.1) is 5.10 Å². The maximum atomic E-state index is 12.4. The predicted octanol–water partition coefficient (Wildman–Crippen LogP) is 1.55. The van der Waals surface area contributed by atoms with E-state index in [1.54, 1.807) is 10.9 Å². The second kappa shape index (κ2) is 6.40. The van der Waals surface area contributed by atoms with Crippen LogP contribution in [0.3, 0.4) is 0 Å². The SMILES string of the molecule is Cc1cccc(N2CCN(C(=O)Cn3nncc3C)CC2)c1C. The normalized spacial score (nSPS) is 15.1. The molecule has 0 saturated carbocycles. The molecule has 1 aliphatic rings. The Morgan fingerprint density at radius 2 is 1.87 bits per heavy atom. The number of hydrogen-bond donors (Lipinski definition) is 0. The first-order valence-electron chi connectivity index (χ1n) is 8.00. The molecule has 0 N–H and O–H groups in total. The first-order valence-corrected chi connectivity index (χ1v) is 8.00. The summed E-state index contributed by atoms with van der Waals surface area (Å²) in [6.45, 7) is 9.72. The number of nitrogens with zero attached hydrogens (tertiary/aromatic N) is 5. The number of anilines is 1. The van der Waals surface area contributed by atoms with Crippen LogP contribution in [0.25, 0.3) is 0 Å². The van der Waals surface area contributed by atoms with Crippen LogP contribution in [0.4, 0.5) is 5.69 Å². The van der Waals surface area contributed by atoms with Crippen LogP contribution in [0.2, 0.25) is 0 Å². The molecule has 1 aromatic carbocycles. The molecule has 0 bridgehead atoms. The summed E-state index contributed by atoms with van der Waals surface area (Å²) >= 11 is 0. The van der Waals surface area contributed by atoms with Gasteiger partial charge in [-0.1, -0.05) is 17.3 Å². The summed E-state index contributed by atoms with van der Waals surface area (Å²) in [4.78, 5) is 16.7. The molecule has 23 heavy (non-hydrogen) atoms. The van der Waals surface area contributed by atoms with Gasteiger partial charge in [-0.25, -0.2) is 4.68 Å². The topological polar surface area (TPSA) is 54.3 Å². The molecule has 6 nitrogen and oxygen atoms in total. The summed E-state index contributed by atoms with van der Waals surface area (Å²) in [5.74, 6) is 0.110. The zero-order chi connectivity index (χ0) is 16.4. The first-order chi connectivity index (χ1) is 11.1. The van der Waals surface area contributed by atoms with E-state index in [9.17, 15) is 4.79 Å². The molecular formula is C17H23N5O. The van der Waals surface area contributed by atoms with Gasteiger partial charge in [0.25, 0.3) is 0 Å². The molecule has 6 heteroatoms. The van der Waals surface area contributed by atoms with Crippen molar-refractivity contribution in [3.63, 3.8) is 0 Å². The van der Waals surface area contributed by atoms with Gasteiger partial charge < -0.3 is 9.80 Å². The fourth-order valence-corrected chi connectivity index (χ4v) is 2.97. The van der Waals surface area contributed by atoms with Crippen molar-refractivity contribution in [3.8, 4) is 0 Å². The van der Waals surface area contributed by atoms with Crippen molar-refractivity contribution in [3.05, 3.63) is 41.2 Å². The first kappa shape index (κ1) is 15.5. The highest BCUT2D eigenvalue weighted by atomic mass is 16.2. The molecule has 0 spiro atoms. The summed E-state index contributed by atoms with van der Waals surface area (Å²) in [6.07, 6.45) is 1.67. The lowest BCUT2D eigenvalue weighted by molar-refractivity contribution is -0.132. The average Bonchev–Trinajstić information content (AvgIpc) is 2.95. The number of rotatable bonds is 3. The van der Waals surface area contributed by atoms with E-state index >= 15 is 0 Å². The van der Waals surface area contributed by atoms with Gasteiger partial charge in [0.1, 0.15) is 6.54 Å². The van der Waals surface area contributed by atoms with Crippen LogP contribution in [0.15, 0.2) is 24.4 Å². The zero-order valence-electron chi connectivity index (χ0n) is 14.0. The van der Waals surface area contributed by atoms with Crippen LogP contribution in [-0.2, 0) is 11.3 Å². The van der Waals surface area contributed by atoms with Crippen molar-refractivity contribution in [1.82, 2.24) is 19.9 Å². The molecule has 3 rings (SSSR count). The third kappa shape index (κ3) is 3.21. The molecular weight excluding hydrogens is 290 g/mol. The minimum atomic E-state index is 0.110. The largest absolute Gasteiger partial charge is 0.368 e. The third-order valence-corrected chi connectivity index (χ3v) is 4.65. The monoisotopic (exact) mass is 313 g/mol. The van der Waals surface area contributed by atoms with Crippen molar-refractivity contribution in [2.75, 3.05) is 31.1 Å². The van der Waals surface area contributed by atoms with Gasteiger partial charge in [-0.3, -0.25) is 4.79 Å². The summed E-state index contributed by atoms with van der Waals surface area (Å²) in [5.41, 5.74) is 4.82. The quantitative estimate of drug-likeness (QED) is 0.863. The Labute approximate surface area is 136 Å². The van der Waals surface area contributed by atoms with E-state index in [4.69, 9.17) is 0 Å². The van der Waals surface area contributed by atoms with Crippen molar-refractivity contribution < 1.29 is 4.79 Å². The van der Waals surface area contributed by atoms with Crippen LogP contribution in [0, 0.1) is 20.8 Å². The molecule has 1 fully saturated rings. The van der Waals surface area contributed by atoms with E-state index in [2.05, 4.69) is 47.3 Å². The minimum absolute atomic E-state index is 0.110. The Hall–Kier alpha value is -2.37. The number of carbonyl (C=O) groups excluding carboxylic acids is 1. The maximum Gasteiger partial charge on any atom is 0.244 e. The van der Waals surface area contributed by atoms with Gasteiger partial charge in [-0.05, 0) is 38.0 Å². The number of carbonyl (C=O) groups is 1. The summed E-state index contributed by atoms with van der Waals surface area (Å²) in [6, 6.07) is 6.40. The van der Waals surface area contributed by atoms with Crippen LogP contribution < -0.4 is 4.90 Å². The molecule has 0 radical (unpaired) electrons. The molecule has 2 aromatic rings. The fourth-order valence-electron chi connectivity index (χ4n) is 2.97. The van der Waals surface area contributed by atoms with Crippen LogP contribution in [0.1, 0.15) is 16.8 Å². The van der Waals surface area contributed by atoms with Gasteiger partial charge >= 0.3 is 0 Å². The lowest BCUT2D eigenvalue weighted by Gasteiger charge is -2.37. The number of aromatic nitrogens is 3. The summed E-state index contributed by atoms with van der Waals surface area (Å²) in [7, 11) is 0. The Morgan fingerprint density at radius 1 is 1.13 bits per heavy atom. The van der Waals surface area contributed by atoms with E-state index < -0.39 is 0 Å². The van der Waals surface area contributed by atoms with Crippen LogP contribution in [-0.4, -0.2) is 52.0 Å². The Kier molecular flexibility index (Phi) is 4.32. The van der Waals surface area contributed by atoms with Crippen LogP contribution in [0.5, 0.6) is 0 Å².